The van der Waals surface area contributed by atoms with E-state index in [1.807, 2.05) is 73.6 Å². The quantitative estimate of drug-likeness (QED) is 0.247. The average molecular weight is 621 g/mol. The molecule has 5 aromatic rings. The normalized spacial score (nSPS) is 16.2. The van der Waals surface area contributed by atoms with Crippen molar-refractivity contribution in [1.29, 1.82) is 0 Å². The van der Waals surface area contributed by atoms with Crippen LogP contribution >= 0.6 is 11.6 Å². The molecule has 0 saturated carbocycles. The number of hydrogen-bond donors (Lipinski definition) is 2. The molecule has 3 amide bonds. The summed E-state index contributed by atoms with van der Waals surface area (Å²) in [5.74, 6) is 0.00597. The van der Waals surface area contributed by atoms with Crippen LogP contribution in [0.25, 0.3) is 22.0 Å². The fraction of sp³-hybridized carbons (Fsp3) is 0.212. The van der Waals surface area contributed by atoms with Crippen LogP contribution in [0.5, 0.6) is 0 Å². The Morgan fingerprint density at radius 2 is 1.78 bits per heavy atom. The number of imide groups is 1. The highest BCUT2D eigenvalue weighted by Crippen LogP contribution is 2.35. The Kier molecular flexibility index (Phi) is 6.97. The summed E-state index contributed by atoms with van der Waals surface area (Å²) in [7, 11) is 5.52. The third kappa shape index (κ3) is 5.14. The SMILES string of the molecule is CN1C(=O)Cc2cc(Nc3nc(N(C)c4ccc(-c5ccc6c(C7CCC(=O)NC7=O)nn(C)c6c5)cc4)ncc3Cl)ccc21. The zero-order valence-electron chi connectivity index (χ0n) is 24.8. The predicted molar refractivity (Wildman–Crippen MR) is 173 cm³/mol. The lowest BCUT2D eigenvalue weighted by Crippen LogP contribution is -2.39. The number of aromatic nitrogens is 4. The Morgan fingerprint density at radius 3 is 2.56 bits per heavy atom. The third-order valence-electron chi connectivity index (χ3n) is 8.49. The van der Waals surface area contributed by atoms with Gasteiger partial charge in [-0.25, -0.2) is 4.98 Å². The predicted octanol–water partition coefficient (Wildman–Crippen LogP) is 5.23. The van der Waals surface area contributed by atoms with E-state index in [2.05, 4.69) is 31.8 Å². The van der Waals surface area contributed by atoms with Crippen molar-refractivity contribution in [2.75, 3.05) is 29.2 Å². The van der Waals surface area contributed by atoms with Crippen molar-refractivity contribution < 1.29 is 14.4 Å². The van der Waals surface area contributed by atoms with Gasteiger partial charge in [-0.05, 0) is 59.5 Å². The zero-order chi connectivity index (χ0) is 31.4. The lowest BCUT2D eigenvalue weighted by atomic mass is 9.92. The van der Waals surface area contributed by atoms with Gasteiger partial charge >= 0.3 is 0 Å². The number of fused-ring (bicyclic) bond motifs is 2. The summed E-state index contributed by atoms with van der Waals surface area (Å²) in [5.41, 5.74) is 7.14. The van der Waals surface area contributed by atoms with Gasteiger partial charge in [-0.2, -0.15) is 10.1 Å². The number of halogens is 1. The molecule has 2 aliphatic rings. The number of carbonyl (C=O) groups is 3. The molecular weight excluding hydrogens is 592 g/mol. The van der Waals surface area contributed by atoms with Gasteiger partial charge in [0.25, 0.3) is 0 Å². The molecule has 1 saturated heterocycles. The first kappa shape index (κ1) is 28.5. The summed E-state index contributed by atoms with van der Waals surface area (Å²) in [5, 5.41) is 11.6. The topological polar surface area (TPSA) is 125 Å². The Morgan fingerprint density at radius 1 is 1.00 bits per heavy atom. The molecule has 11 nitrogen and oxygen atoms in total. The first-order valence-corrected chi connectivity index (χ1v) is 14.9. The van der Waals surface area contributed by atoms with Crippen molar-refractivity contribution in [2.45, 2.75) is 25.2 Å². The van der Waals surface area contributed by atoms with Crippen LogP contribution in [0.1, 0.15) is 30.0 Å². The molecule has 1 unspecified atom stereocenters. The Bertz CT molecular complexity index is 2020. The fourth-order valence-corrected chi connectivity index (χ4v) is 6.10. The van der Waals surface area contributed by atoms with E-state index >= 15 is 0 Å². The van der Waals surface area contributed by atoms with E-state index in [9.17, 15) is 14.4 Å². The first-order chi connectivity index (χ1) is 21.7. The molecule has 2 aliphatic heterocycles. The molecule has 0 aliphatic carbocycles. The van der Waals surface area contributed by atoms with E-state index in [0.29, 0.717) is 41.7 Å². The number of hydrogen-bond acceptors (Lipinski definition) is 8. The minimum Gasteiger partial charge on any atom is -0.339 e. The Balaban J connectivity index is 1.10. The van der Waals surface area contributed by atoms with Crippen molar-refractivity contribution in [1.82, 2.24) is 25.1 Å². The molecular formula is C33H29ClN8O3. The van der Waals surface area contributed by atoms with Gasteiger partial charge in [0.2, 0.25) is 23.7 Å². The number of benzene rings is 3. The third-order valence-corrected chi connectivity index (χ3v) is 8.76. The number of nitrogens with zero attached hydrogens (tertiary/aromatic N) is 6. The van der Waals surface area contributed by atoms with Gasteiger partial charge in [-0.15, -0.1) is 0 Å². The minimum absolute atomic E-state index is 0.0635. The Labute approximate surface area is 263 Å². The number of anilines is 5. The van der Waals surface area contributed by atoms with E-state index < -0.39 is 5.92 Å². The van der Waals surface area contributed by atoms with Gasteiger partial charge in [-0.1, -0.05) is 35.9 Å². The standard InChI is InChI=1S/C33H29ClN8O3/c1-40(33-35-17-25(34)31(38-33)36-21-7-12-26-20(14-21)16-29(44)41(26)2)22-8-4-18(5-9-22)19-6-10-23-27(15-19)42(3)39-30(23)24-11-13-28(43)37-32(24)45/h4-10,12,14-15,17,24H,11,13,16H2,1-3H3,(H,35,36,38)(H,37,43,45). The van der Waals surface area contributed by atoms with Gasteiger partial charge in [0.15, 0.2) is 5.82 Å². The largest absolute Gasteiger partial charge is 0.339 e. The monoisotopic (exact) mass is 620 g/mol. The molecule has 226 valence electrons. The van der Waals surface area contributed by atoms with E-state index in [-0.39, 0.29) is 17.7 Å². The van der Waals surface area contributed by atoms with Crippen molar-refractivity contribution >= 4 is 69.1 Å². The van der Waals surface area contributed by atoms with Crippen LogP contribution in [0.15, 0.2) is 66.9 Å². The molecule has 0 bridgehead atoms. The van der Waals surface area contributed by atoms with E-state index in [1.165, 1.54) is 0 Å². The molecule has 1 atom stereocenters. The number of likely N-dealkylation sites (N-methyl/N-ethyl adjacent to an activating group) is 1. The van der Waals surface area contributed by atoms with E-state index in [4.69, 9.17) is 11.6 Å². The summed E-state index contributed by atoms with van der Waals surface area (Å²) in [6, 6.07) is 19.9. The lowest BCUT2D eigenvalue weighted by molar-refractivity contribution is -0.134. The van der Waals surface area contributed by atoms with Crippen molar-refractivity contribution in [3.8, 4) is 11.1 Å². The second kappa shape index (κ2) is 11.0. The maximum absolute atomic E-state index is 12.5. The number of piperidine rings is 1. The molecule has 7 rings (SSSR count). The number of aryl methyl sites for hydroxylation is 1. The summed E-state index contributed by atoms with van der Waals surface area (Å²) >= 11 is 6.45. The zero-order valence-corrected chi connectivity index (χ0v) is 25.6. The first-order valence-electron chi connectivity index (χ1n) is 14.5. The van der Waals surface area contributed by atoms with Crippen LogP contribution in [0.2, 0.25) is 5.02 Å². The molecule has 2 aromatic heterocycles. The van der Waals surface area contributed by atoms with Gasteiger partial charge < -0.3 is 15.1 Å². The highest BCUT2D eigenvalue weighted by atomic mass is 35.5. The molecule has 1 fully saturated rings. The van der Waals surface area contributed by atoms with E-state index in [1.54, 1.807) is 22.8 Å². The van der Waals surface area contributed by atoms with Crippen LogP contribution < -0.4 is 20.4 Å². The lowest BCUT2D eigenvalue weighted by Gasteiger charge is -2.19. The Hall–Kier alpha value is -5.29. The molecule has 2 N–H and O–H groups in total. The average Bonchev–Trinajstić information content (AvgIpc) is 3.51. The van der Waals surface area contributed by atoms with Gasteiger partial charge in [0.1, 0.15) is 5.02 Å². The highest BCUT2D eigenvalue weighted by molar-refractivity contribution is 6.33. The molecule has 45 heavy (non-hydrogen) atoms. The van der Waals surface area contributed by atoms with E-state index in [0.717, 1.165) is 44.7 Å². The van der Waals surface area contributed by atoms with Crippen molar-refractivity contribution in [3.05, 3.63) is 83.1 Å². The van der Waals surface area contributed by atoms with Crippen molar-refractivity contribution in [2.24, 2.45) is 7.05 Å². The van der Waals surface area contributed by atoms with Gasteiger partial charge in [0.05, 0.1) is 29.7 Å². The number of nitrogens with one attached hydrogen (secondary N) is 2. The van der Waals surface area contributed by atoms with Crippen LogP contribution in [0.4, 0.5) is 28.8 Å². The smallest absolute Gasteiger partial charge is 0.235 e. The summed E-state index contributed by atoms with van der Waals surface area (Å²) in [4.78, 5) is 48.9. The molecule has 0 spiro atoms. The summed E-state index contributed by atoms with van der Waals surface area (Å²) < 4.78 is 1.78. The highest BCUT2D eigenvalue weighted by Gasteiger charge is 2.31. The molecule has 4 heterocycles. The maximum Gasteiger partial charge on any atom is 0.235 e. The van der Waals surface area contributed by atoms with Crippen LogP contribution in [0, 0.1) is 0 Å². The maximum atomic E-state index is 12.5. The summed E-state index contributed by atoms with van der Waals surface area (Å²) in [6.07, 6.45) is 2.69. The number of rotatable bonds is 6. The van der Waals surface area contributed by atoms with Crippen LogP contribution in [-0.2, 0) is 27.9 Å². The van der Waals surface area contributed by atoms with Gasteiger partial charge in [-0.3, -0.25) is 24.4 Å². The molecule has 3 aromatic carbocycles. The number of amides is 3. The van der Waals surface area contributed by atoms with Crippen LogP contribution in [0.3, 0.4) is 0 Å². The van der Waals surface area contributed by atoms with Gasteiger partial charge in [0, 0.05) is 50.0 Å². The van der Waals surface area contributed by atoms with Crippen molar-refractivity contribution in [3.63, 3.8) is 0 Å². The molecule has 12 heteroatoms. The summed E-state index contributed by atoms with van der Waals surface area (Å²) in [6.45, 7) is 0. The van der Waals surface area contributed by atoms with Crippen LogP contribution in [-0.4, -0.2) is 51.6 Å². The minimum atomic E-state index is -0.445. The number of carbonyl (C=O) groups excluding carboxylic acids is 3. The second-order valence-electron chi connectivity index (χ2n) is 11.3. The molecule has 0 radical (unpaired) electrons. The second-order valence-corrected chi connectivity index (χ2v) is 11.7. The fourth-order valence-electron chi connectivity index (χ4n) is 5.96.